The number of benzene rings is 1. The summed E-state index contributed by atoms with van der Waals surface area (Å²) in [5, 5.41) is 2.54. The molecule has 0 bridgehead atoms. The molecule has 2 aromatic rings. The van der Waals surface area contributed by atoms with Gasteiger partial charge in [0.25, 0.3) is 0 Å². The number of aryl methyl sites for hydroxylation is 2. The third-order valence-corrected chi connectivity index (χ3v) is 2.94. The van der Waals surface area contributed by atoms with E-state index in [1.807, 2.05) is 12.4 Å². The maximum atomic E-state index is 5.49. The fraction of sp³-hybridized carbons (Fsp3) is 0.357. The molecule has 1 aromatic heterocycles. The molecular formula is C14H18N2. The van der Waals surface area contributed by atoms with Gasteiger partial charge in [-0.1, -0.05) is 12.1 Å². The van der Waals surface area contributed by atoms with Gasteiger partial charge in [-0.15, -0.1) is 0 Å². The van der Waals surface area contributed by atoms with Gasteiger partial charge in [0.1, 0.15) is 0 Å². The molecule has 0 atom stereocenters. The van der Waals surface area contributed by atoms with E-state index in [4.69, 9.17) is 5.73 Å². The second-order valence-corrected chi connectivity index (χ2v) is 4.26. The highest BCUT2D eigenvalue weighted by Gasteiger charge is 1.99. The van der Waals surface area contributed by atoms with Crippen molar-refractivity contribution in [3.8, 4) is 0 Å². The number of rotatable bonds is 4. The Morgan fingerprint density at radius 1 is 1.19 bits per heavy atom. The first kappa shape index (κ1) is 11.1. The monoisotopic (exact) mass is 214 g/mol. The van der Waals surface area contributed by atoms with Crippen molar-refractivity contribution in [3.63, 3.8) is 0 Å². The van der Waals surface area contributed by atoms with Crippen LogP contribution in [0.25, 0.3) is 10.8 Å². The van der Waals surface area contributed by atoms with Crippen LogP contribution in [0.1, 0.15) is 24.0 Å². The van der Waals surface area contributed by atoms with Crippen LogP contribution in [0, 0.1) is 6.92 Å². The van der Waals surface area contributed by atoms with Crippen LogP contribution in [0.5, 0.6) is 0 Å². The second-order valence-electron chi connectivity index (χ2n) is 4.26. The Bertz CT molecular complexity index is 477. The Hall–Kier alpha value is -1.41. The second kappa shape index (κ2) is 5.08. The van der Waals surface area contributed by atoms with E-state index in [9.17, 15) is 0 Å². The van der Waals surface area contributed by atoms with Gasteiger partial charge in [0.15, 0.2) is 0 Å². The van der Waals surface area contributed by atoms with E-state index in [1.54, 1.807) is 0 Å². The number of aromatic nitrogens is 1. The lowest BCUT2D eigenvalue weighted by atomic mass is 10.0. The molecule has 0 saturated heterocycles. The molecule has 1 aromatic carbocycles. The first-order valence-electron chi connectivity index (χ1n) is 5.84. The Morgan fingerprint density at radius 3 is 2.88 bits per heavy atom. The Balaban J connectivity index is 2.23. The summed E-state index contributed by atoms with van der Waals surface area (Å²) in [6.45, 7) is 2.89. The highest BCUT2D eigenvalue weighted by molar-refractivity contribution is 5.85. The van der Waals surface area contributed by atoms with Crippen LogP contribution in [0.3, 0.4) is 0 Å². The fourth-order valence-corrected chi connectivity index (χ4v) is 2.01. The first-order chi connectivity index (χ1) is 7.81. The molecule has 16 heavy (non-hydrogen) atoms. The van der Waals surface area contributed by atoms with Crippen molar-refractivity contribution in [2.45, 2.75) is 26.2 Å². The average Bonchev–Trinajstić information content (AvgIpc) is 2.30. The van der Waals surface area contributed by atoms with Gasteiger partial charge in [0, 0.05) is 17.8 Å². The maximum absolute atomic E-state index is 5.49. The molecule has 2 heteroatoms. The number of fused-ring (bicyclic) bond motifs is 1. The number of pyridine rings is 1. The zero-order chi connectivity index (χ0) is 11.4. The van der Waals surface area contributed by atoms with Crippen LogP contribution < -0.4 is 5.73 Å². The zero-order valence-corrected chi connectivity index (χ0v) is 9.74. The summed E-state index contributed by atoms with van der Waals surface area (Å²) in [5.41, 5.74) is 8.12. The summed E-state index contributed by atoms with van der Waals surface area (Å²) in [6, 6.07) is 6.65. The topological polar surface area (TPSA) is 38.9 Å². The molecule has 0 amide bonds. The van der Waals surface area contributed by atoms with Gasteiger partial charge in [-0.3, -0.25) is 4.98 Å². The van der Waals surface area contributed by atoms with Crippen molar-refractivity contribution in [2.24, 2.45) is 5.73 Å². The summed E-state index contributed by atoms with van der Waals surface area (Å²) < 4.78 is 0. The third kappa shape index (κ3) is 2.39. The first-order valence-corrected chi connectivity index (χ1v) is 5.84. The predicted octanol–water partition coefficient (Wildman–Crippen LogP) is 2.82. The van der Waals surface area contributed by atoms with E-state index in [2.05, 4.69) is 30.1 Å². The minimum absolute atomic E-state index is 0.786. The minimum atomic E-state index is 0.786. The molecule has 0 unspecified atom stereocenters. The molecule has 1 heterocycles. The van der Waals surface area contributed by atoms with Gasteiger partial charge in [0.05, 0.1) is 0 Å². The molecule has 2 rings (SSSR count). The SMILES string of the molecule is Cc1cncc2cc(CCCCN)ccc12. The van der Waals surface area contributed by atoms with Gasteiger partial charge in [-0.25, -0.2) is 0 Å². The highest BCUT2D eigenvalue weighted by atomic mass is 14.6. The van der Waals surface area contributed by atoms with E-state index in [0.717, 1.165) is 19.4 Å². The molecule has 0 radical (unpaired) electrons. The van der Waals surface area contributed by atoms with Crippen LogP contribution in [-0.4, -0.2) is 11.5 Å². The highest BCUT2D eigenvalue weighted by Crippen LogP contribution is 2.19. The summed E-state index contributed by atoms with van der Waals surface area (Å²) in [6.07, 6.45) is 7.23. The zero-order valence-electron chi connectivity index (χ0n) is 9.74. The van der Waals surface area contributed by atoms with Crippen molar-refractivity contribution in [3.05, 3.63) is 41.7 Å². The standard InChI is InChI=1S/C14H18N2/c1-11-9-16-10-13-8-12(4-2-3-7-15)5-6-14(11)13/h5-6,8-10H,2-4,7,15H2,1H3. The van der Waals surface area contributed by atoms with E-state index in [0.29, 0.717) is 0 Å². The smallest absolute Gasteiger partial charge is 0.0346 e. The van der Waals surface area contributed by atoms with Crippen molar-refractivity contribution < 1.29 is 0 Å². The van der Waals surface area contributed by atoms with E-state index < -0.39 is 0 Å². The van der Waals surface area contributed by atoms with Crippen LogP contribution in [0.15, 0.2) is 30.6 Å². The van der Waals surface area contributed by atoms with E-state index >= 15 is 0 Å². The number of hydrogen-bond donors (Lipinski definition) is 1. The summed E-state index contributed by atoms with van der Waals surface area (Å²) in [4.78, 5) is 4.23. The van der Waals surface area contributed by atoms with Crippen molar-refractivity contribution in [2.75, 3.05) is 6.54 Å². The lowest BCUT2D eigenvalue weighted by Gasteiger charge is -2.05. The number of unbranched alkanes of at least 4 members (excludes halogenated alkanes) is 1. The van der Waals surface area contributed by atoms with Crippen LogP contribution in [-0.2, 0) is 6.42 Å². The molecule has 0 aliphatic heterocycles. The summed E-state index contributed by atoms with van der Waals surface area (Å²) >= 11 is 0. The molecule has 0 spiro atoms. The van der Waals surface area contributed by atoms with Gasteiger partial charge in [-0.2, -0.15) is 0 Å². The maximum Gasteiger partial charge on any atom is 0.0346 e. The van der Waals surface area contributed by atoms with E-state index in [1.165, 1.54) is 28.3 Å². The quantitative estimate of drug-likeness (QED) is 0.795. The lowest BCUT2D eigenvalue weighted by molar-refractivity contribution is 0.745. The lowest BCUT2D eigenvalue weighted by Crippen LogP contribution is -1.99. The molecule has 2 nitrogen and oxygen atoms in total. The van der Waals surface area contributed by atoms with Gasteiger partial charge >= 0.3 is 0 Å². The van der Waals surface area contributed by atoms with Crippen LogP contribution >= 0.6 is 0 Å². The van der Waals surface area contributed by atoms with E-state index in [-0.39, 0.29) is 0 Å². The normalized spacial score (nSPS) is 10.9. The molecule has 0 saturated carbocycles. The fourth-order valence-electron chi connectivity index (χ4n) is 2.01. The van der Waals surface area contributed by atoms with Gasteiger partial charge in [0.2, 0.25) is 0 Å². The van der Waals surface area contributed by atoms with Crippen molar-refractivity contribution >= 4 is 10.8 Å². The minimum Gasteiger partial charge on any atom is -0.330 e. The number of nitrogens with zero attached hydrogens (tertiary/aromatic N) is 1. The third-order valence-electron chi connectivity index (χ3n) is 2.94. The Labute approximate surface area is 96.5 Å². The number of hydrogen-bond acceptors (Lipinski definition) is 2. The molecule has 84 valence electrons. The Morgan fingerprint density at radius 2 is 2.06 bits per heavy atom. The summed E-state index contributed by atoms with van der Waals surface area (Å²) in [5.74, 6) is 0. The molecule has 0 aliphatic carbocycles. The predicted molar refractivity (Wildman–Crippen MR) is 68.5 cm³/mol. The molecule has 2 N–H and O–H groups in total. The van der Waals surface area contributed by atoms with Crippen molar-refractivity contribution in [1.82, 2.24) is 4.98 Å². The molecular weight excluding hydrogens is 196 g/mol. The number of nitrogens with two attached hydrogens (primary N) is 1. The van der Waals surface area contributed by atoms with Crippen molar-refractivity contribution in [1.29, 1.82) is 0 Å². The van der Waals surface area contributed by atoms with Crippen LogP contribution in [0.4, 0.5) is 0 Å². The van der Waals surface area contributed by atoms with Crippen LogP contribution in [0.2, 0.25) is 0 Å². The molecule has 0 aliphatic rings. The largest absolute Gasteiger partial charge is 0.330 e. The molecule has 0 fully saturated rings. The van der Waals surface area contributed by atoms with Gasteiger partial charge < -0.3 is 5.73 Å². The van der Waals surface area contributed by atoms with Gasteiger partial charge in [-0.05, 0) is 55.3 Å². The Kier molecular flexibility index (Phi) is 3.52. The summed E-state index contributed by atoms with van der Waals surface area (Å²) in [7, 11) is 0. The average molecular weight is 214 g/mol.